The predicted octanol–water partition coefficient (Wildman–Crippen LogP) is 4.90. The van der Waals surface area contributed by atoms with Crippen LogP contribution in [-0.4, -0.2) is 27.1 Å². The number of nitrogens with one attached hydrogen (secondary N) is 1. The van der Waals surface area contributed by atoms with E-state index in [1.165, 1.54) is 28.6 Å². The number of hydrogen-bond donors (Lipinski definition) is 1. The highest BCUT2D eigenvalue weighted by Gasteiger charge is 2.28. The molecule has 5 rings (SSSR count). The molecule has 0 unspecified atom stereocenters. The molecule has 6 nitrogen and oxygen atoms in total. The van der Waals surface area contributed by atoms with Crippen molar-refractivity contribution >= 4 is 38.6 Å². The van der Waals surface area contributed by atoms with Gasteiger partial charge >= 0.3 is 0 Å². The van der Waals surface area contributed by atoms with E-state index in [0.717, 1.165) is 39.2 Å². The van der Waals surface area contributed by atoms with Crippen molar-refractivity contribution in [3.63, 3.8) is 0 Å². The first-order valence-corrected chi connectivity index (χ1v) is 13.3. The molecule has 182 valence electrons. The highest BCUT2D eigenvalue weighted by atomic mass is 32.2. The zero-order valence-corrected chi connectivity index (χ0v) is 21.0. The molecule has 0 atom stereocenters. The summed E-state index contributed by atoms with van der Waals surface area (Å²) in [7, 11) is -3.98. The van der Waals surface area contributed by atoms with Gasteiger partial charge in [-0.3, -0.25) is 9.10 Å². The molecule has 1 N–H and O–H groups in total. The van der Waals surface area contributed by atoms with Gasteiger partial charge in [-0.1, -0.05) is 60.7 Å². The summed E-state index contributed by atoms with van der Waals surface area (Å²) in [6.07, 6.45) is 3.69. The number of anilines is 1. The summed E-state index contributed by atoms with van der Waals surface area (Å²) in [6.45, 7) is 3.31. The number of hydrazone groups is 1. The van der Waals surface area contributed by atoms with E-state index >= 15 is 0 Å². The van der Waals surface area contributed by atoms with E-state index in [2.05, 4.69) is 28.7 Å². The van der Waals surface area contributed by atoms with Crippen molar-refractivity contribution in [2.75, 3.05) is 10.8 Å². The summed E-state index contributed by atoms with van der Waals surface area (Å²) in [4.78, 5) is 13.1. The fraction of sp³-hybridized carbons (Fsp3) is 0.172. The van der Waals surface area contributed by atoms with Crippen molar-refractivity contribution in [1.82, 2.24) is 5.43 Å². The van der Waals surface area contributed by atoms with Gasteiger partial charge < -0.3 is 0 Å². The second kappa shape index (κ2) is 9.59. The van der Waals surface area contributed by atoms with Crippen LogP contribution in [0.15, 0.2) is 88.9 Å². The van der Waals surface area contributed by atoms with Gasteiger partial charge in [-0.05, 0) is 77.9 Å². The van der Waals surface area contributed by atoms with Crippen LogP contribution >= 0.6 is 0 Å². The van der Waals surface area contributed by atoms with Crippen molar-refractivity contribution in [3.05, 3.63) is 107 Å². The van der Waals surface area contributed by atoms with Crippen molar-refractivity contribution < 1.29 is 13.2 Å². The molecular weight excluding hydrogens is 470 g/mol. The van der Waals surface area contributed by atoms with Gasteiger partial charge in [-0.25, -0.2) is 13.8 Å². The molecule has 36 heavy (non-hydrogen) atoms. The van der Waals surface area contributed by atoms with Crippen molar-refractivity contribution in [2.45, 2.75) is 31.6 Å². The Kier molecular flexibility index (Phi) is 6.33. The molecule has 0 aliphatic heterocycles. The molecule has 0 aromatic heterocycles. The SMILES string of the molecule is Cc1ccc(C)c(N(CC(=O)N/N=C/c2ccc3c4c(cccc24)CC3)S(=O)(=O)c2ccccc2)c1. The number of rotatable bonds is 7. The summed E-state index contributed by atoms with van der Waals surface area (Å²) < 4.78 is 28.2. The summed E-state index contributed by atoms with van der Waals surface area (Å²) in [5, 5.41) is 6.53. The molecule has 0 radical (unpaired) electrons. The van der Waals surface area contributed by atoms with E-state index < -0.39 is 22.5 Å². The molecule has 7 heteroatoms. The smallest absolute Gasteiger partial charge is 0.264 e. The van der Waals surface area contributed by atoms with Gasteiger partial charge in [0.15, 0.2) is 0 Å². The minimum Gasteiger partial charge on any atom is -0.271 e. The number of sulfonamides is 1. The van der Waals surface area contributed by atoms with E-state index in [-0.39, 0.29) is 4.90 Å². The van der Waals surface area contributed by atoms with Crippen LogP contribution in [0.4, 0.5) is 5.69 Å². The first-order chi connectivity index (χ1) is 17.3. The van der Waals surface area contributed by atoms with Gasteiger partial charge in [0.05, 0.1) is 16.8 Å². The predicted molar refractivity (Wildman–Crippen MR) is 144 cm³/mol. The molecule has 0 heterocycles. The van der Waals surface area contributed by atoms with Crippen LogP contribution in [0, 0.1) is 13.8 Å². The van der Waals surface area contributed by atoms with Gasteiger partial charge in [0.2, 0.25) is 0 Å². The van der Waals surface area contributed by atoms with Crippen LogP contribution in [0.2, 0.25) is 0 Å². The maximum atomic E-state index is 13.6. The molecule has 4 aromatic rings. The first kappa shape index (κ1) is 23.8. The molecular formula is C29H27N3O3S. The quantitative estimate of drug-likeness (QED) is 0.291. The molecule has 1 aliphatic rings. The van der Waals surface area contributed by atoms with Gasteiger partial charge in [-0.15, -0.1) is 0 Å². The minimum absolute atomic E-state index is 0.120. The number of nitrogens with zero attached hydrogens (tertiary/aromatic N) is 2. The van der Waals surface area contributed by atoms with Gasteiger partial charge in [-0.2, -0.15) is 5.10 Å². The molecule has 0 saturated carbocycles. The van der Waals surface area contributed by atoms with Crippen molar-refractivity contribution in [2.24, 2.45) is 5.10 Å². The average molecular weight is 498 g/mol. The average Bonchev–Trinajstić information content (AvgIpc) is 3.30. The molecule has 1 aliphatic carbocycles. The van der Waals surface area contributed by atoms with Gasteiger partial charge in [0.1, 0.15) is 6.54 Å². The molecule has 0 fully saturated rings. The van der Waals surface area contributed by atoms with E-state index in [1.807, 2.05) is 38.1 Å². The van der Waals surface area contributed by atoms with E-state index in [9.17, 15) is 13.2 Å². The summed E-state index contributed by atoms with van der Waals surface area (Å²) in [5.41, 5.74) is 8.20. The van der Waals surface area contributed by atoms with Crippen LogP contribution in [0.5, 0.6) is 0 Å². The lowest BCUT2D eigenvalue weighted by atomic mass is 10.0. The van der Waals surface area contributed by atoms with E-state index in [4.69, 9.17) is 0 Å². The highest BCUT2D eigenvalue weighted by Crippen LogP contribution is 2.32. The fourth-order valence-corrected chi connectivity index (χ4v) is 6.23. The Morgan fingerprint density at radius 1 is 0.944 bits per heavy atom. The number of hydrogen-bond acceptors (Lipinski definition) is 4. The largest absolute Gasteiger partial charge is 0.271 e. The monoisotopic (exact) mass is 497 g/mol. The molecule has 1 amide bonds. The van der Waals surface area contributed by atoms with Crippen LogP contribution in [0.3, 0.4) is 0 Å². The van der Waals surface area contributed by atoms with Crippen molar-refractivity contribution in [3.8, 4) is 0 Å². The zero-order chi connectivity index (χ0) is 25.3. The fourth-order valence-electron chi connectivity index (χ4n) is 4.73. The lowest BCUT2D eigenvalue weighted by molar-refractivity contribution is -0.119. The minimum atomic E-state index is -3.98. The molecule has 4 aromatic carbocycles. The lowest BCUT2D eigenvalue weighted by Crippen LogP contribution is -2.40. The van der Waals surface area contributed by atoms with Crippen LogP contribution in [0.1, 0.15) is 27.8 Å². The van der Waals surface area contributed by atoms with Crippen LogP contribution in [0.25, 0.3) is 10.8 Å². The Bertz CT molecular complexity index is 1590. The number of amides is 1. The second-order valence-corrected chi connectivity index (χ2v) is 10.9. The Balaban J connectivity index is 1.41. The second-order valence-electron chi connectivity index (χ2n) is 9.06. The standard InChI is InChI=1S/C29H27N3O3S/c1-20-11-12-21(2)27(17-20)32(36(34,35)25-8-4-3-5-9-25)19-28(33)31-30-18-24-16-15-23-14-13-22-7-6-10-26(24)29(22)23/h3-12,15-18H,13-14,19H2,1-2H3,(H,31,33)/b30-18+. The normalized spacial score (nSPS) is 12.8. The Hall–Kier alpha value is -3.97. The Morgan fingerprint density at radius 3 is 2.47 bits per heavy atom. The van der Waals surface area contributed by atoms with Crippen LogP contribution < -0.4 is 9.73 Å². The molecule has 0 saturated heterocycles. The van der Waals surface area contributed by atoms with Gasteiger partial charge in [0, 0.05) is 5.56 Å². The van der Waals surface area contributed by atoms with Crippen molar-refractivity contribution in [1.29, 1.82) is 0 Å². The third-order valence-electron chi connectivity index (χ3n) is 6.56. The topological polar surface area (TPSA) is 78.8 Å². The number of carbonyl (C=O) groups excluding carboxylic acids is 1. The Morgan fingerprint density at radius 2 is 1.69 bits per heavy atom. The third kappa shape index (κ3) is 4.50. The van der Waals surface area contributed by atoms with E-state index in [0.29, 0.717) is 5.69 Å². The number of benzene rings is 4. The van der Waals surface area contributed by atoms with Gasteiger partial charge in [0.25, 0.3) is 15.9 Å². The number of aryl methyl sites for hydroxylation is 4. The van der Waals surface area contributed by atoms with Crippen LogP contribution in [-0.2, 0) is 27.7 Å². The maximum absolute atomic E-state index is 13.6. The summed E-state index contributed by atoms with van der Waals surface area (Å²) in [5.74, 6) is -0.530. The highest BCUT2D eigenvalue weighted by molar-refractivity contribution is 7.92. The molecule has 0 spiro atoms. The van der Waals surface area contributed by atoms with E-state index in [1.54, 1.807) is 30.5 Å². The lowest BCUT2D eigenvalue weighted by Gasteiger charge is -2.25. The molecule has 0 bridgehead atoms. The third-order valence-corrected chi connectivity index (χ3v) is 8.33. The first-order valence-electron chi connectivity index (χ1n) is 11.8. The number of carbonyl (C=O) groups is 1. The zero-order valence-electron chi connectivity index (χ0n) is 20.2. The Labute approximate surface area is 211 Å². The maximum Gasteiger partial charge on any atom is 0.264 e. The summed E-state index contributed by atoms with van der Waals surface area (Å²) >= 11 is 0. The summed E-state index contributed by atoms with van der Waals surface area (Å²) in [6, 6.07) is 24.0.